The lowest BCUT2D eigenvalue weighted by atomic mass is 10.1. The van der Waals surface area contributed by atoms with Crippen molar-refractivity contribution in [2.24, 2.45) is 5.92 Å². The number of carbonyl (C=O) groups is 1. The van der Waals surface area contributed by atoms with Gasteiger partial charge >= 0.3 is 5.97 Å². The van der Waals surface area contributed by atoms with E-state index in [0.29, 0.717) is 12.0 Å². The molecule has 1 aliphatic heterocycles. The Morgan fingerprint density at radius 2 is 2.29 bits per heavy atom. The molecule has 0 radical (unpaired) electrons. The lowest BCUT2D eigenvalue weighted by Crippen LogP contribution is -2.47. The van der Waals surface area contributed by atoms with Crippen molar-refractivity contribution in [2.45, 2.75) is 38.4 Å². The van der Waals surface area contributed by atoms with Crippen molar-refractivity contribution in [1.29, 1.82) is 0 Å². The molecule has 1 saturated heterocycles. The second-order valence-electron chi connectivity index (χ2n) is 6.00. The molecule has 1 saturated carbocycles. The molecular formula is C16H22N2O3. The van der Waals surface area contributed by atoms with E-state index in [-0.39, 0.29) is 18.5 Å². The minimum absolute atomic E-state index is 0.218. The molecule has 0 amide bonds. The Hall–Kier alpha value is -1.62. The molecular weight excluding hydrogens is 268 g/mol. The molecule has 0 spiro atoms. The van der Waals surface area contributed by atoms with Crippen molar-refractivity contribution in [1.82, 2.24) is 4.98 Å². The quantitative estimate of drug-likeness (QED) is 0.792. The maximum Gasteiger partial charge on any atom is 0.309 e. The van der Waals surface area contributed by atoms with Crippen molar-refractivity contribution in [2.75, 3.05) is 25.1 Å². The van der Waals surface area contributed by atoms with Gasteiger partial charge in [-0.2, -0.15) is 0 Å². The van der Waals surface area contributed by atoms with Crippen molar-refractivity contribution < 1.29 is 14.3 Å². The van der Waals surface area contributed by atoms with E-state index in [0.717, 1.165) is 24.5 Å². The number of ether oxygens (including phenoxy) is 2. The molecule has 2 aliphatic rings. The van der Waals surface area contributed by atoms with Crippen molar-refractivity contribution in [3.8, 4) is 0 Å². The van der Waals surface area contributed by atoms with Gasteiger partial charge in [0, 0.05) is 19.3 Å². The number of morpholine rings is 1. The maximum absolute atomic E-state index is 11.4. The summed E-state index contributed by atoms with van der Waals surface area (Å²) in [4.78, 5) is 18.1. The highest BCUT2D eigenvalue weighted by molar-refractivity contribution is 5.72. The molecule has 1 aromatic rings. The average Bonchev–Trinajstić information content (AvgIpc) is 3.31. The van der Waals surface area contributed by atoms with E-state index in [1.807, 2.05) is 12.1 Å². The van der Waals surface area contributed by atoms with Crippen LogP contribution in [-0.4, -0.2) is 43.4 Å². The van der Waals surface area contributed by atoms with Gasteiger partial charge in [0.1, 0.15) is 5.82 Å². The molecule has 114 valence electrons. The van der Waals surface area contributed by atoms with Gasteiger partial charge in [0.2, 0.25) is 0 Å². The number of anilines is 1. The molecule has 2 fully saturated rings. The number of methoxy groups -OCH3 is 1. The summed E-state index contributed by atoms with van der Waals surface area (Å²) in [6.45, 7) is 3.85. The fraction of sp³-hybridized carbons (Fsp3) is 0.625. The fourth-order valence-electron chi connectivity index (χ4n) is 2.88. The number of hydrogen-bond acceptors (Lipinski definition) is 5. The molecule has 2 unspecified atom stereocenters. The van der Waals surface area contributed by atoms with Crippen LogP contribution >= 0.6 is 0 Å². The Bertz CT molecular complexity index is 516. The Kier molecular flexibility index (Phi) is 4.10. The zero-order valence-corrected chi connectivity index (χ0v) is 12.6. The van der Waals surface area contributed by atoms with Crippen LogP contribution in [0.3, 0.4) is 0 Å². The minimum atomic E-state index is -0.224. The summed E-state index contributed by atoms with van der Waals surface area (Å²) in [6.07, 6.45) is 5.15. The van der Waals surface area contributed by atoms with Gasteiger partial charge in [-0.3, -0.25) is 4.79 Å². The van der Waals surface area contributed by atoms with Crippen molar-refractivity contribution >= 4 is 11.8 Å². The van der Waals surface area contributed by atoms with Gasteiger partial charge in [-0.1, -0.05) is 0 Å². The van der Waals surface area contributed by atoms with E-state index in [2.05, 4.69) is 16.8 Å². The van der Waals surface area contributed by atoms with Crippen molar-refractivity contribution in [3.05, 3.63) is 23.9 Å². The highest BCUT2D eigenvalue weighted by Crippen LogP contribution is 2.37. The predicted molar refractivity (Wildman–Crippen MR) is 79.2 cm³/mol. The number of aromatic nitrogens is 1. The van der Waals surface area contributed by atoms with Crippen molar-refractivity contribution in [3.63, 3.8) is 0 Å². The van der Waals surface area contributed by atoms with Crippen LogP contribution in [0, 0.1) is 5.92 Å². The summed E-state index contributed by atoms with van der Waals surface area (Å²) >= 11 is 0. The topological polar surface area (TPSA) is 51.7 Å². The zero-order chi connectivity index (χ0) is 14.8. The highest BCUT2D eigenvalue weighted by Gasteiger charge is 2.37. The third-order valence-corrected chi connectivity index (χ3v) is 4.14. The molecule has 3 rings (SSSR count). The Labute approximate surface area is 125 Å². The van der Waals surface area contributed by atoms with Gasteiger partial charge in [-0.15, -0.1) is 0 Å². The number of hydrogen-bond donors (Lipinski definition) is 0. The third-order valence-electron chi connectivity index (χ3n) is 4.14. The number of esters is 1. The Morgan fingerprint density at radius 3 is 3.00 bits per heavy atom. The molecule has 5 heteroatoms. The van der Waals surface area contributed by atoms with E-state index in [4.69, 9.17) is 9.47 Å². The zero-order valence-electron chi connectivity index (χ0n) is 12.6. The molecule has 21 heavy (non-hydrogen) atoms. The van der Waals surface area contributed by atoms with E-state index < -0.39 is 0 Å². The van der Waals surface area contributed by atoms with Crippen LogP contribution in [-0.2, 0) is 20.7 Å². The average molecular weight is 290 g/mol. The van der Waals surface area contributed by atoms with Crippen LogP contribution in [0.25, 0.3) is 0 Å². The fourth-order valence-corrected chi connectivity index (χ4v) is 2.88. The first-order chi connectivity index (χ1) is 10.2. The van der Waals surface area contributed by atoms with Gasteiger partial charge in [-0.25, -0.2) is 4.98 Å². The van der Waals surface area contributed by atoms with Crippen LogP contribution in [0.5, 0.6) is 0 Å². The summed E-state index contributed by atoms with van der Waals surface area (Å²) < 4.78 is 10.8. The van der Waals surface area contributed by atoms with Gasteiger partial charge < -0.3 is 14.4 Å². The summed E-state index contributed by atoms with van der Waals surface area (Å²) in [7, 11) is 1.41. The Balaban J connectivity index is 1.72. The first-order valence-corrected chi connectivity index (χ1v) is 7.58. The second-order valence-corrected chi connectivity index (χ2v) is 6.00. The standard InChI is InChI=1S/C16H22N2O3/c1-11-9-18(10-14(21-11)13-3-4-13)15-7-12(5-6-17-15)8-16(19)20-2/h5-7,11,13-14H,3-4,8-10H2,1-2H3. The van der Waals surface area contributed by atoms with Crippen LogP contribution < -0.4 is 4.90 Å². The van der Waals surface area contributed by atoms with Gasteiger partial charge in [0.25, 0.3) is 0 Å². The molecule has 5 nitrogen and oxygen atoms in total. The predicted octanol–water partition coefficient (Wildman–Crippen LogP) is 1.80. The first kappa shape index (κ1) is 14.3. The van der Waals surface area contributed by atoms with Gasteiger partial charge in [-0.05, 0) is 43.4 Å². The van der Waals surface area contributed by atoms with E-state index in [1.54, 1.807) is 6.20 Å². The molecule has 1 aromatic heterocycles. The first-order valence-electron chi connectivity index (χ1n) is 7.58. The van der Waals surface area contributed by atoms with E-state index >= 15 is 0 Å². The lowest BCUT2D eigenvalue weighted by molar-refractivity contribution is -0.139. The minimum Gasteiger partial charge on any atom is -0.469 e. The highest BCUT2D eigenvalue weighted by atomic mass is 16.5. The molecule has 0 aromatic carbocycles. The molecule has 2 heterocycles. The van der Waals surface area contributed by atoms with Gasteiger partial charge in [0.15, 0.2) is 0 Å². The van der Waals surface area contributed by atoms with E-state index in [9.17, 15) is 4.79 Å². The number of nitrogens with zero attached hydrogens (tertiary/aromatic N) is 2. The second kappa shape index (κ2) is 6.02. The number of rotatable bonds is 4. The van der Waals surface area contributed by atoms with Crippen LogP contribution in [0.1, 0.15) is 25.3 Å². The summed E-state index contributed by atoms with van der Waals surface area (Å²) in [5, 5.41) is 0. The number of pyridine rings is 1. The Morgan fingerprint density at radius 1 is 1.48 bits per heavy atom. The summed E-state index contributed by atoms with van der Waals surface area (Å²) in [5.41, 5.74) is 0.939. The normalized spacial score (nSPS) is 25.7. The number of carbonyl (C=O) groups excluding carboxylic acids is 1. The van der Waals surface area contributed by atoms with Crippen LogP contribution in [0.15, 0.2) is 18.3 Å². The SMILES string of the molecule is COC(=O)Cc1ccnc(N2CC(C)OC(C3CC3)C2)c1. The third kappa shape index (κ3) is 3.53. The van der Waals surface area contributed by atoms with Crippen LogP contribution in [0.2, 0.25) is 0 Å². The molecule has 1 aliphatic carbocycles. The molecule has 0 N–H and O–H groups in total. The monoisotopic (exact) mass is 290 g/mol. The van der Waals surface area contributed by atoms with Crippen LogP contribution in [0.4, 0.5) is 5.82 Å². The molecule has 2 atom stereocenters. The largest absolute Gasteiger partial charge is 0.469 e. The summed E-state index contributed by atoms with van der Waals surface area (Å²) in [6, 6.07) is 3.85. The van der Waals surface area contributed by atoms with Gasteiger partial charge in [0.05, 0.1) is 25.7 Å². The molecule has 0 bridgehead atoms. The maximum atomic E-state index is 11.4. The van der Waals surface area contributed by atoms with E-state index in [1.165, 1.54) is 20.0 Å². The smallest absolute Gasteiger partial charge is 0.309 e. The lowest BCUT2D eigenvalue weighted by Gasteiger charge is -2.37. The summed E-state index contributed by atoms with van der Waals surface area (Å²) in [5.74, 6) is 1.42.